The Balaban J connectivity index is 2.89. The maximum absolute atomic E-state index is 10.9. The molecular weight excluding hydrogens is 124 g/mol. The molecule has 0 amide bonds. The fraction of sp³-hybridized carbons (Fsp3) is 1.00. The van der Waals surface area contributed by atoms with Crippen LogP contribution in [0.25, 0.3) is 0 Å². The number of hydrogen-bond acceptors (Lipinski definition) is 0. The predicted molar refractivity (Wildman–Crippen MR) is 43.5 cm³/mol. The molecule has 1 radical (unpaired) electrons. The molecule has 0 bridgehead atoms. The molecule has 1 atom stereocenters. The highest BCUT2D eigenvalue weighted by atomic mass is 16.3. The van der Waals surface area contributed by atoms with Crippen LogP contribution in [0.3, 0.4) is 0 Å². The van der Waals surface area contributed by atoms with Crippen LogP contribution >= 0.6 is 0 Å². The van der Waals surface area contributed by atoms with Crippen LogP contribution in [0.2, 0.25) is 0 Å². The first-order valence-corrected chi connectivity index (χ1v) is 4.47. The molecule has 0 spiro atoms. The summed E-state index contributed by atoms with van der Waals surface area (Å²) in [6.07, 6.45) is 6.32. The summed E-state index contributed by atoms with van der Waals surface area (Å²) >= 11 is 0. The molecule has 1 heteroatoms. The summed E-state index contributed by atoms with van der Waals surface area (Å²) in [6, 6.07) is 0. The highest BCUT2D eigenvalue weighted by molar-refractivity contribution is 4.51. The van der Waals surface area contributed by atoms with Crippen LogP contribution in [0.15, 0.2) is 0 Å². The van der Waals surface area contributed by atoms with Crippen molar-refractivity contribution in [3.63, 3.8) is 0 Å². The van der Waals surface area contributed by atoms with Gasteiger partial charge in [0.05, 0.1) is 6.10 Å². The van der Waals surface area contributed by atoms with Gasteiger partial charge in [-0.05, 0) is 12.8 Å². The standard InChI is InChI=1S/C9H19O/c1-3-5-6-7-8-9(10)4-2/h9H,3-8H2,1-2H3. The van der Waals surface area contributed by atoms with Crippen molar-refractivity contribution in [3.05, 3.63) is 0 Å². The van der Waals surface area contributed by atoms with Gasteiger partial charge in [-0.25, -0.2) is 5.11 Å². The summed E-state index contributed by atoms with van der Waals surface area (Å²) in [6.45, 7) is 4.16. The normalized spacial score (nSPS) is 13.5. The van der Waals surface area contributed by atoms with E-state index >= 15 is 0 Å². The molecule has 0 N–H and O–H groups in total. The van der Waals surface area contributed by atoms with Gasteiger partial charge in [0.15, 0.2) is 0 Å². The average Bonchev–Trinajstić information content (AvgIpc) is 1.98. The van der Waals surface area contributed by atoms with E-state index < -0.39 is 0 Å². The van der Waals surface area contributed by atoms with Crippen molar-refractivity contribution in [2.75, 3.05) is 0 Å². The molecule has 0 saturated carbocycles. The summed E-state index contributed by atoms with van der Waals surface area (Å²) in [5, 5.41) is 10.9. The Kier molecular flexibility index (Phi) is 7.04. The van der Waals surface area contributed by atoms with Crippen molar-refractivity contribution < 1.29 is 5.11 Å². The highest BCUT2D eigenvalue weighted by Crippen LogP contribution is 2.07. The lowest BCUT2D eigenvalue weighted by Gasteiger charge is -2.02. The molecule has 0 aliphatic heterocycles. The first kappa shape index (κ1) is 9.96. The third-order valence-electron chi connectivity index (χ3n) is 1.83. The zero-order valence-corrected chi connectivity index (χ0v) is 7.23. The van der Waals surface area contributed by atoms with E-state index in [4.69, 9.17) is 0 Å². The van der Waals surface area contributed by atoms with Gasteiger partial charge in [-0.3, -0.25) is 0 Å². The molecule has 0 aromatic rings. The van der Waals surface area contributed by atoms with E-state index in [9.17, 15) is 5.11 Å². The largest absolute Gasteiger partial charge is 0.233 e. The van der Waals surface area contributed by atoms with Gasteiger partial charge in [-0.1, -0.05) is 39.5 Å². The van der Waals surface area contributed by atoms with Gasteiger partial charge in [0, 0.05) is 0 Å². The minimum absolute atomic E-state index is 0.295. The highest BCUT2D eigenvalue weighted by Gasteiger charge is 2.00. The molecule has 0 aromatic heterocycles. The van der Waals surface area contributed by atoms with E-state index in [1.165, 1.54) is 19.3 Å². The number of rotatable bonds is 6. The van der Waals surface area contributed by atoms with Crippen LogP contribution < -0.4 is 0 Å². The molecular formula is C9H19O. The zero-order valence-electron chi connectivity index (χ0n) is 7.23. The van der Waals surface area contributed by atoms with Crippen molar-refractivity contribution in [2.45, 2.75) is 58.5 Å². The Morgan fingerprint density at radius 1 is 1.10 bits per heavy atom. The lowest BCUT2D eigenvalue weighted by Crippen LogP contribution is -2.00. The van der Waals surface area contributed by atoms with Crippen molar-refractivity contribution in [1.82, 2.24) is 0 Å². The lowest BCUT2D eigenvalue weighted by atomic mass is 10.1. The van der Waals surface area contributed by atoms with E-state index in [0.29, 0.717) is 0 Å². The minimum Gasteiger partial charge on any atom is -0.233 e. The third-order valence-corrected chi connectivity index (χ3v) is 1.83. The summed E-state index contributed by atoms with van der Waals surface area (Å²) < 4.78 is 0. The maximum Gasteiger partial charge on any atom is 0.0927 e. The fourth-order valence-corrected chi connectivity index (χ4v) is 1.00. The summed E-state index contributed by atoms with van der Waals surface area (Å²) in [5.74, 6) is 0. The van der Waals surface area contributed by atoms with Gasteiger partial charge >= 0.3 is 0 Å². The van der Waals surface area contributed by atoms with Gasteiger partial charge in [0.25, 0.3) is 0 Å². The summed E-state index contributed by atoms with van der Waals surface area (Å²) in [7, 11) is 0. The topological polar surface area (TPSA) is 19.9 Å². The molecule has 0 aliphatic rings. The molecule has 0 heterocycles. The van der Waals surface area contributed by atoms with Crippen LogP contribution in [-0.2, 0) is 5.11 Å². The Hall–Kier alpha value is -0.0400. The monoisotopic (exact) mass is 143 g/mol. The number of unbranched alkanes of at least 4 members (excludes halogenated alkanes) is 3. The molecule has 1 unspecified atom stereocenters. The summed E-state index contributed by atoms with van der Waals surface area (Å²) in [4.78, 5) is 0. The first-order valence-electron chi connectivity index (χ1n) is 4.47. The molecule has 10 heavy (non-hydrogen) atoms. The van der Waals surface area contributed by atoms with E-state index in [0.717, 1.165) is 19.3 Å². The van der Waals surface area contributed by atoms with Gasteiger partial charge in [0.2, 0.25) is 0 Å². The quantitative estimate of drug-likeness (QED) is 0.509. The van der Waals surface area contributed by atoms with Crippen LogP contribution in [0.4, 0.5) is 0 Å². The SMILES string of the molecule is CCCCCCC([O])CC. The molecule has 0 aromatic carbocycles. The molecule has 0 fully saturated rings. The van der Waals surface area contributed by atoms with Gasteiger partial charge < -0.3 is 0 Å². The van der Waals surface area contributed by atoms with Crippen molar-refractivity contribution in [1.29, 1.82) is 0 Å². The van der Waals surface area contributed by atoms with Gasteiger partial charge in [-0.2, -0.15) is 0 Å². The Morgan fingerprint density at radius 3 is 2.30 bits per heavy atom. The summed E-state index contributed by atoms with van der Waals surface area (Å²) in [5.41, 5.74) is 0. The second-order valence-electron chi connectivity index (χ2n) is 2.88. The van der Waals surface area contributed by atoms with E-state index in [2.05, 4.69) is 6.92 Å². The van der Waals surface area contributed by atoms with Gasteiger partial charge in [0.1, 0.15) is 0 Å². The Bertz CT molecular complexity index is 61.7. The molecule has 0 saturated heterocycles. The van der Waals surface area contributed by atoms with E-state index in [-0.39, 0.29) is 6.10 Å². The maximum atomic E-state index is 10.9. The second kappa shape index (κ2) is 7.07. The van der Waals surface area contributed by atoms with Crippen molar-refractivity contribution >= 4 is 0 Å². The Morgan fingerprint density at radius 2 is 1.80 bits per heavy atom. The zero-order chi connectivity index (χ0) is 7.82. The van der Waals surface area contributed by atoms with Crippen LogP contribution in [0, 0.1) is 0 Å². The predicted octanol–water partition coefficient (Wildman–Crippen LogP) is 3.17. The first-order chi connectivity index (χ1) is 4.81. The smallest absolute Gasteiger partial charge is 0.0927 e. The van der Waals surface area contributed by atoms with Crippen molar-refractivity contribution in [3.8, 4) is 0 Å². The third kappa shape index (κ3) is 6.09. The molecule has 61 valence electrons. The van der Waals surface area contributed by atoms with Crippen LogP contribution in [-0.4, -0.2) is 6.10 Å². The second-order valence-corrected chi connectivity index (χ2v) is 2.88. The van der Waals surface area contributed by atoms with Crippen molar-refractivity contribution in [2.24, 2.45) is 0 Å². The van der Waals surface area contributed by atoms with E-state index in [1.54, 1.807) is 0 Å². The molecule has 0 aliphatic carbocycles. The molecule has 0 rings (SSSR count). The van der Waals surface area contributed by atoms with Gasteiger partial charge in [-0.15, -0.1) is 0 Å². The average molecular weight is 143 g/mol. The Labute approximate surface area is 64.5 Å². The lowest BCUT2D eigenvalue weighted by molar-refractivity contribution is 0.0755. The fourth-order valence-electron chi connectivity index (χ4n) is 1.00. The number of hydrogen-bond donors (Lipinski definition) is 0. The van der Waals surface area contributed by atoms with E-state index in [1.807, 2.05) is 6.92 Å². The van der Waals surface area contributed by atoms with Crippen LogP contribution in [0.1, 0.15) is 52.4 Å². The molecule has 1 nitrogen and oxygen atoms in total. The van der Waals surface area contributed by atoms with Crippen LogP contribution in [0.5, 0.6) is 0 Å². The minimum atomic E-state index is -0.295.